The molecular formula is C22H21N5. The zero-order valence-corrected chi connectivity index (χ0v) is 15.6. The fourth-order valence-corrected chi connectivity index (χ4v) is 3.26. The van der Waals surface area contributed by atoms with Crippen molar-refractivity contribution in [3.63, 3.8) is 0 Å². The molecule has 0 aliphatic heterocycles. The van der Waals surface area contributed by atoms with Gasteiger partial charge in [0.1, 0.15) is 0 Å². The van der Waals surface area contributed by atoms with E-state index < -0.39 is 0 Å². The topological polar surface area (TPSA) is 62.7 Å². The number of anilines is 4. The Labute approximate surface area is 158 Å². The largest absolute Gasteiger partial charge is 0.353 e. The Hall–Kier alpha value is -3.47. The third-order valence-electron chi connectivity index (χ3n) is 4.46. The Bertz CT molecular complexity index is 1080. The molecule has 2 aromatic heterocycles. The molecule has 0 bridgehead atoms. The molecule has 0 saturated carbocycles. The standard InChI is InChI=1S/C22H21N5/c1-14-9-15(2)21(16(3)10-14)26-19-12-24-22(25-13-19)27-18-6-7-20-17(11-18)5-4-8-23-20/h4-13,26H,1-3H3,(H,24,25,27). The van der Waals surface area contributed by atoms with Crippen molar-refractivity contribution >= 4 is 33.9 Å². The summed E-state index contributed by atoms with van der Waals surface area (Å²) in [6, 6.07) is 14.3. The fourth-order valence-electron chi connectivity index (χ4n) is 3.26. The zero-order valence-electron chi connectivity index (χ0n) is 15.6. The molecule has 5 nitrogen and oxygen atoms in total. The van der Waals surface area contributed by atoms with Crippen LogP contribution in [0, 0.1) is 20.8 Å². The second-order valence-electron chi connectivity index (χ2n) is 6.73. The van der Waals surface area contributed by atoms with Crippen molar-refractivity contribution in [1.29, 1.82) is 0 Å². The predicted octanol–water partition coefficient (Wildman–Crippen LogP) is 5.44. The van der Waals surface area contributed by atoms with Crippen LogP contribution in [0.5, 0.6) is 0 Å². The van der Waals surface area contributed by atoms with Gasteiger partial charge in [0.2, 0.25) is 5.95 Å². The summed E-state index contributed by atoms with van der Waals surface area (Å²) in [6.07, 6.45) is 5.37. The smallest absolute Gasteiger partial charge is 0.227 e. The number of nitrogens with one attached hydrogen (secondary N) is 2. The van der Waals surface area contributed by atoms with Crippen LogP contribution < -0.4 is 10.6 Å². The van der Waals surface area contributed by atoms with Gasteiger partial charge in [-0.2, -0.15) is 0 Å². The minimum atomic E-state index is 0.557. The molecule has 5 heteroatoms. The van der Waals surface area contributed by atoms with E-state index in [2.05, 4.69) is 58.5 Å². The number of nitrogens with zero attached hydrogens (tertiary/aromatic N) is 3. The Kier molecular flexibility index (Phi) is 4.42. The van der Waals surface area contributed by atoms with Crippen molar-refractivity contribution in [3.8, 4) is 0 Å². The predicted molar refractivity (Wildman–Crippen MR) is 111 cm³/mol. The summed E-state index contributed by atoms with van der Waals surface area (Å²) in [4.78, 5) is 13.2. The third kappa shape index (κ3) is 3.72. The Morgan fingerprint density at radius 2 is 1.48 bits per heavy atom. The second kappa shape index (κ2) is 7.03. The van der Waals surface area contributed by atoms with Crippen molar-refractivity contribution in [3.05, 3.63) is 77.7 Å². The van der Waals surface area contributed by atoms with Gasteiger partial charge in [0.25, 0.3) is 0 Å². The van der Waals surface area contributed by atoms with E-state index in [1.54, 1.807) is 18.6 Å². The highest BCUT2D eigenvalue weighted by atomic mass is 15.1. The van der Waals surface area contributed by atoms with Gasteiger partial charge in [-0.25, -0.2) is 9.97 Å². The van der Waals surface area contributed by atoms with Crippen molar-refractivity contribution in [2.24, 2.45) is 0 Å². The number of fused-ring (bicyclic) bond motifs is 1. The van der Waals surface area contributed by atoms with Crippen molar-refractivity contribution in [2.75, 3.05) is 10.6 Å². The van der Waals surface area contributed by atoms with Crippen molar-refractivity contribution < 1.29 is 0 Å². The molecule has 134 valence electrons. The third-order valence-corrected chi connectivity index (χ3v) is 4.46. The van der Waals surface area contributed by atoms with Gasteiger partial charge in [-0.3, -0.25) is 4.98 Å². The molecule has 0 spiro atoms. The van der Waals surface area contributed by atoms with E-state index in [-0.39, 0.29) is 0 Å². The Balaban J connectivity index is 1.52. The summed E-state index contributed by atoms with van der Waals surface area (Å²) in [5.41, 5.74) is 7.54. The summed E-state index contributed by atoms with van der Waals surface area (Å²) in [5, 5.41) is 7.74. The minimum Gasteiger partial charge on any atom is -0.353 e. The summed E-state index contributed by atoms with van der Waals surface area (Å²) in [5.74, 6) is 0.557. The number of rotatable bonds is 4. The maximum absolute atomic E-state index is 4.43. The first-order valence-corrected chi connectivity index (χ1v) is 8.87. The lowest BCUT2D eigenvalue weighted by Gasteiger charge is -2.14. The lowest BCUT2D eigenvalue weighted by molar-refractivity contribution is 1.16. The van der Waals surface area contributed by atoms with E-state index in [1.165, 1.54) is 16.7 Å². The number of benzene rings is 2. The quantitative estimate of drug-likeness (QED) is 0.510. The molecule has 0 amide bonds. The molecular weight excluding hydrogens is 334 g/mol. The first kappa shape index (κ1) is 17.0. The maximum atomic E-state index is 4.43. The van der Waals surface area contributed by atoms with Crippen LogP contribution in [0.25, 0.3) is 10.9 Å². The van der Waals surface area contributed by atoms with E-state index in [4.69, 9.17) is 0 Å². The van der Waals surface area contributed by atoms with E-state index in [1.807, 2.05) is 30.3 Å². The van der Waals surface area contributed by atoms with Crippen LogP contribution in [0.1, 0.15) is 16.7 Å². The highest BCUT2D eigenvalue weighted by molar-refractivity contribution is 5.82. The van der Waals surface area contributed by atoms with E-state index in [0.717, 1.165) is 28.0 Å². The van der Waals surface area contributed by atoms with Gasteiger partial charge >= 0.3 is 0 Å². The first-order chi connectivity index (χ1) is 13.1. The van der Waals surface area contributed by atoms with Crippen molar-refractivity contribution in [1.82, 2.24) is 15.0 Å². The van der Waals surface area contributed by atoms with Crippen LogP contribution in [-0.4, -0.2) is 15.0 Å². The SMILES string of the molecule is Cc1cc(C)c(Nc2cnc(Nc3ccc4ncccc4c3)nc2)c(C)c1. The van der Waals surface area contributed by atoms with Crippen LogP contribution >= 0.6 is 0 Å². The number of hydrogen-bond donors (Lipinski definition) is 2. The van der Waals surface area contributed by atoms with Gasteiger partial charge in [0.15, 0.2) is 0 Å². The normalized spacial score (nSPS) is 10.8. The molecule has 2 N–H and O–H groups in total. The van der Waals surface area contributed by atoms with Gasteiger partial charge in [-0.05, 0) is 56.2 Å². The van der Waals surface area contributed by atoms with E-state index in [9.17, 15) is 0 Å². The molecule has 2 heterocycles. The van der Waals surface area contributed by atoms with Gasteiger partial charge in [-0.15, -0.1) is 0 Å². The van der Waals surface area contributed by atoms with Gasteiger partial charge in [-0.1, -0.05) is 23.8 Å². The van der Waals surface area contributed by atoms with Gasteiger partial charge in [0, 0.05) is 23.0 Å². The molecule has 0 saturated heterocycles. The summed E-state index contributed by atoms with van der Waals surface area (Å²) < 4.78 is 0. The molecule has 27 heavy (non-hydrogen) atoms. The molecule has 0 radical (unpaired) electrons. The van der Waals surface area contributed by atoms with Crippen molar-refractivity contribution in [2.45, 2.75) is 20.8 Å². The van der Waals surface area contributed by atoms with Crippen LogP contribution in [0.15, 0.2) is 61.1 Å². The maximum Gasteiger partial charge on any atom is 0.227 e. The number of hydrogen-bond acceptors (Lipinski definition) is 5. The van der Waals surface area contributed by atoms with Gasteiger partial charge < -0.3 is 10.6 Å². The number of pyridine rings is 1. The number of aryl methyl sites for hydroxylation is 3. The Morgan fingerprint density at radius 3 is 2.22 bits per heavy atom. The fraction of sp³-hybridized carbons (Fsp3) is 0.136. The molecule has 2 aromatic carbocycles. The lowest BCUT2D eigenvalue weighted by Crippen LogP contribution is -2.01. The molecule has 0 aliphatic rings. The van der Waals surface area contributed by atoms with Crippen LogP contribution in [-0.2, 0) is 0 Å². The summed E-state index contributed by atoms with van der Waals surface area (Å²) in [7, 11) is 0. The van der Waals surface area contributed by atoms with Crippen LogP contribution in [0.4, 0.5) is 23.0 Å². The minimum absolute atomic E-state index is 0.557. The average molecular weight is 355 g/mol. The summed E-state index contributed by atoms with van der Waals surface area (Å²) in [6.45, 7) is 6.32. The molecule has 4 rings (SSSR count). The monoisotopic (exact) mass is 355 g/mol. The molecule has 0 fully saturated rings. The van der Waals surface area contributed by atoms with Gasteiger partial charge in [0.05, 0.1) is 23.6 Å². The number of aromatic nitrogens is 3. The molecule has 0 aliphatic carbocycles. The second-order valence-corrected chi connectivity index (χ2v) is 6.73. The molecule has 0 atom stereocenters. The Morgan fingerprint density at radius 1 is 0.741 bits per heavy atom. The molecule has 4 aromatic rings. The average Bonchev–Trinajstić information content (AvgIpc) is 2.66. The molecule has 0 unspecified atom stereocenters. The lowest BCUT2D eigenvalue weighted by atomic mass is 10.1. The summed E-state index contributed by atoms with van der Waals surface area (Å²) >= 11 is 0. The highest BCUT2D eigenvalue weighted by Gasteiger charge is 2.06. The van der Waals surface area contributed by atoms with Crippen LogP contribution in [0.3, 0.4) is 0 Å². The highest BCUT2D eigenvalue weighted by Crippen LogP contribution is 2.26. The zero-order chi connectivity index (χ0) is 18.8. The first-order valence-electron chi connectivity index (χ1n) is 8.87. The van der Waals surface area contributed by atoms with E-state index in [0.29, 0.717) is 5.95 Å². The van der Waals surface area contributed by atoms with E-state index >= 15 is 0 Å². The van der Waals surface area contributed by atoms with Crippen LogP contribution in [0.2, 0.25) is 0 Å².